The lowest BCUT2D eigenvalue weighted by Gasteiger charge is -2.28. The van der Waals surface area contributed by atoms with Crippen LogP contribution in [0.1, 0.15) is 5.82 Å². The van der Waals surface area contributed by atoms with Crippen molar-refractivity contribution in [2.45, 2.75) is 12.1 Å². The Morgan fingerprint density at radius 2 is 1.94 bits per heavy atom. The zero-order valence-corrected chi connectivity index (χ0v) is 9.78. The van der Waals surface area contributed by atoms with Crippen LogP contribution in [0.25, 0.3) is 0 Å². The number of nitrogens with one attached hydrogen (secondary N) is 1. The molecule has 7 heteroatoms. The summed E-state index contributed by atoms with van der Waals surface area (Å²) in [5.74, 6) is 0.657. The molecule has 1 rings (SSSR count). The summed E-state index contributed by atoms with van der Waals surface area (Å²) < 4.78 is 1.67. The van der Waals surface area contributed by atoms with Gasteiger partial charge < -0.3 is 19.9 Å². The van der Waals surface area contributed by atoms with E-state index in [-0.39, 0.29) is 19.8 Å². The molecule has 6 nitrogen and oxygen atoms in total. The number of hydrogen-bond acceptors (Lipinski definition) is 5. The lowest BCUT2D eigenvalue weighted by Crippen LogP contribution is -2.54. The van der Waals surface area contributed by atoms with E-state index >= 15 is 0 Å². The topological polar surface area (TPSA) is 90.5 Å². The molecule has 1 aromatic rings. The van der Waals surface area contributed by atoms with Crippen LogP contribution in [0.3, 0.4) is 0 Å². The van der Waals surface area contributed by atoms with Crippen LogP contribution in [0, 0.1) is 0 Å². The second kappa shape index (κ2) is 5.60. The van der Waals surface area contributed by atoms with Crippen molar-refractivity contribution in [1.82, 2.24) is 14.9 Å². The Morgan fingerprint density at radius 3 is 2.31 bits per heavy atom. The number of imidazole rings is 1. The monoisotopic (exact) mass is 249 g/mol. The van der Waals surface area contributed by atoms with Crippen LogP contribution in [-0.4, -0.2) is 50.2 Å². The summed E-state index contributed by atoms with van der Waals surface area (Å²) in [5, 5.41) is 30.6. The van der Waals surface area contributed by atoms with E-state index in [1.807, 2.05) is 0 Å². The third-order valence-corrected chi connectivity index (χ3v) is 2.91. The molecule has 0 atom stereocenters. The fourth-order valence-electron chi connectivity index (χ4n) is 1.17. The van der Waals surface area contributed by atoms with E-state index in [0.717, 1.165) is 0 Å². The van der Waals surface area contributed by atoms with Crippen molar-refractivity contribution in [3.8, 4) is 0 Å². The van der Waals surface area contributed by atoms with Gasteiger partial charge in [-0.05, 0) is 0 Å². The molecule has 0 saturated carbocycles. The van der Waals surface area contributed by atoms with E-state index in [1.54, 1.807) is 11.6 Å². The van der Waals surface area contributed by atoms with E-state index in [0.29, 0.717) is 17.5 Å². The molecule has 1 aromatic heterocycles. The SMILES string of the molecule is Cn1c(Cl)cnc1CNC(CO)(CO)CO. The van der Waals surface area contributed by atoms with Gasteiger partial charge in [-0.3, -0.25) is 5.32 Å². The molecule has 0 amide bonds. The standard InChI is InChI=1S/C9H16ClN3O3/c1-13-7(10)2-11-8(13)3-12-9(4-14,5-15)6-16/h2,12,14-16H,3-6H2,1H3. The molecule has 0 unspecified atom stereocenters. The van der Waals surface area contributed by atoms with Crippen LogP contribution < -0.4 is 5.32 Å². The van der Waals surface area contributed by atoms with Crippen molar-refractivity contribution in [2.75, 3.05) is 19.8 Å². The molecule has 16 heavy (non-hydrogen) atoms. The van der Waals surface area contributed by atoms with Gasteiger partial charge in [-0.1, -0.05) is 11.6 Å². The van der Waals surface area contributed by atoms with E-state index in [9.17, 15) is 0 Å². The minimum absolute atomic E-state index is 0.297. The van der Waals surface area contributed by atoms with Crippen LogP contribution in [-0.2, 0) is 13.6 Å². The van der Waals surface area contributed by atoms with Crippen molar-refractivity contribution < 1.29 is 15.3 Å². The number of halogens is 1. The summed E-state index contributed by atoms with van der Waals surface area (Å²) in [6, 6.07) is 0. The molecule has 0 aliphatic rings. The van der Waals surface area contributed by atoms with Gasteiger partial charge in [0.05, 0.1) is 38.1 Å². The predicted octanol–water partition coefficient (Wildman–Crippen LogP) is -1.12. The molecule has 0 saturated heterocycles. The average Bonchev–Trinajstić information content (AvgIpc) is 2.63. The molecule has 4 N–H and O–H groups in total. The minimum Gasteiger partial charge on any atom is -0.394 e. The van der Waals surface area contributed by atoms with Crippen molar-refractivity contribution in [2.24, 2.45) is 7.05 Å². The summed E-state index contributed by atoms with van der Waals surface area (Å²) in [6.07, 6.45) is 1.51. The molecule has 0 spiro atoms. The summed E-state index contributed by atoms with van der Waals surface area (Å²) >= 11 is 5.81. The first-order valence-electron chi connectivity index (χ1n) is 4.82. The van der Waals surface area contributed by atoms with Gasteiger partial charge in [-0.2, -0.15) is 0 Å². The second-order valence-corrected chi connectivity index (χ2v) is 4.05. The highest BCUT2D eigenvalue weighted by molar-refractivity contribution is 6.29. The Labute approximate surface area is 98.5 Å². The Hall–Kier alpha value is -0.660. The molecule has 0 aliphatic heterocycles. The first-order chi connectivity index (χ1) is 7.58. The molecular weight excluding hydrogens is 234 g/mol. The highest BCUT2D eigenvalue weighted by Crippen LogP contribution is 2.10. The molecule has 0 bridgehead atoms. The van der Waals surface area contributed by atoms with Crippen LogP contribution in [0.5, 0.6) is 0 Å². The molecule has 0 fully saturated rings. The summed E-state index contributed by atoms with van der Waals surface area (Å²) in [5.41, 5.74) is -1.10. The van der Waals surface area contributed by atoms with Gasteiger partial charge in [0.15, 0.2) is 0 Å². The highest BCUT2D eigenvalue weighted by Gasteiger charge is 2.27. The summed E-state index contributed by atoms with van der Waals surface area (Å²) in [7, 11) is 1.75. The fraction of sp³-hybridized carbons (Fsp3) is 0.667. The maximum Gasteiger partial charge on any atom is 0.128 e. The zero-order chi connectivity index (χ0) is 12.2. The van der Waals surface area contributed by atoms with Gasteiger partial charge in [0, 0.05) is 7.05 Å². The number of aliphatic hydroxyl groups is 3. The predicted molar refractivity (Wildman–Crippen MR) is 59.0 cm³/mol. The molecule has 0 aromatic carbocycles. The minimum atomic E-state index is -1.10. The third kappa shape index (κ3) is 2.72. The number of aliphatic hydroxyl groups excluding tert-OH is 3. The van der Waals surface area contributed by atoms with Crippen molar-refractivity contribution in [3.63, 3.8) is 0 Å². The molecular formula is C9H16ClN3O3. The quantitative estimate of drug-likeness (QED) is 0.513. The first-order valence-corrected chi connectivity index (χ1v) is 5.20. The van der Waals surface area contributed by atoms with Gasteiger partial charge in [-0.15, -0.1) is 0 Å². The summed E-state index contributed by atoms with van der Waals surface area (Å²) in [6.45, 7) is -0.792. The number of rotatable bonds is 6. The van der Waals surface area contributed by atoms with Crippen LogP contribution >= 0.6 is 11.6 Å². The maximum absolute atomic E-state index is 9.09. The van der Waals surface area contributed by atoms with Crippen molar-refractivity contribution >= 4 is 11.6 Å². The lowest BCUT2D eigenvalue weighted by molar-refractivity contribution is 0.0408. The number of hydrogen-bond donors (Lipinski definition) is 4. The van der Waals surface area contributed by atoms with Gasteiger partial charge in [0.25, 0.3) is 0 Å². The Kier molecular flexibility index (Phi) is 4.69. The Bertz CT molecular complexity index is 330. The Balaban J connectivity index is 2.66. The molecule has 0 radical (unpaired) electrons. The molecule has 0 aliphatic carbocycles. The fourth-order valence-corrected chi connectivity index (χ4v) is 1.32. The van der Waals surface area contributed by atoms with Gasteiger partial charge in [0.1, 0.15) is 11.0 Å². The zero-order valence-electron chi connectivity index (χ0n) is 9.02. The second-order valence-electron chi connectivity index (χ2n) is 3.66. The largest absolute Gasteiger partial charge is 0.394 e. The van der Waals surface area contributed by atoms with Crippen LogP contribution in [0.2, 0.25) is 5.15 Å². The maximum atomic E-state index is 9.09. The highest BCUT2D eigenvalue weighted by atomic mass is 35.5. The number of aromatic nitrogens is 2. The van der Waals surface area contributed by atoms with Gasteiger partial charge in [-0.25, -0.2) is 4.98 Å². The smallest absolute Gasteiger partial charge is 0.128 e. The van der Waals surface area contributed by atoms with Crippen LogP contribution in [0.15, 0.2) is 6.20 Å². The van der Waals surface area contributed by atoms with E-state index < -0.39 is 5.54 Å². The third-order valence-electron chi connectivity index (χ3n) is 2.56. The summed E-state index contributed by atoms with van der Waals surface area (Å²) in [4.78, 5) is 4.04. The average molecular weight is 250 g/mol. The number of nitrogens with zero attached hydrogens (tertiary/aromatic N) is 2. The Morgan fingerprint density at radius 1 is 1.38 bits per heavy atom. The van der Waals surface area contributed by atoms with E-state index in [2.05, 4.69) is 10.3 Å². The van der Waals surface area contributed by atoms with Gasteiger partial charge in [0.2, 0.25) is 0 Å². The van der Waals surface area contributed by atoms with E-state index in [4.69, 9.17) is 26.9 Å². The van der Waals surface area contributed by atoms with Crippen molar-refractivity contribution in [1.29, 1.82) is 0 Å². The van der Waals surface area contributed by atoms with Crippen LogP contribution in [0.4, 0.5) is 0 Å². The lowest BCUT2D eigenvalue weighted by atomic mass is 10.0. The normalized spacial score (nSPS) is 12.1. The van der Waals surface area contributed by atoms with Gasteiger partial charge >= 0.3 is 0 Å². The molecule has 1 heterocycles. The molecule has 92 valence electrons. The van der Waals surface area contributed by atoms with E-state index in [1.165, 1.54) is 6.20 Å². The van der Waals surface area contributed by atoms with Crippen molar-refractivity contribution in [3.05, 3.63) is 17.2 Å². The first kappa shape index (κ1) is 13.4.